The molecule has 1 aliphatic rings. The smallest absolute Gasteiger partial charge is 0.256 e. The van der Waals surface area contributed by atoms with Crippen molar-refractivity contribution in [3.05, 3.63) is 10.9 Å². The van der Waals surface area contributed by atoms with E-state index in [1.807, 2.05) is 0 Å². The molecule has 7 heteroatoms. The third-order valence-electron chi connectivity index (χ3n) is 2.99. The minimum absolute atomic E-state index is 0.0182. The van der Waals surface area contributed by atoms with Gasteiger partial charge in [-0.1, -0.05) is 0 Å². The summed E-state index contributed by atoms with van der Waals surface area (Å²) < 4.78 is 25.9. The maximum Gasteiger partial charge on any atom is 0.256 e. The molecule has 17 heavy (non-hydrogen) atoms. The Balaban J connectivity index is 2.40. The molecule has 0 aliphatic carbocycles. The second kappa shape index (κ2) is 4.56. The number of sulfonamides is 1. The Hall–Kier alpha value is -0.630. The third kappa shape index (κ3) is 2.08. The van der Waals surface area contributed by atoms with E-state index in [1.54, 1.807) is 12.3 Å². The fourth-order valence-corrected chi connectivity index (χ4v) is 5.15. The lowest BCUT2D eigenvalue weighted by Crippen LogP contribution is -2.37. The van der Waals surface area contributed by atoms with Crippen LogP contribution in [0.3, 0.4) is 0 Å². The first-order valence-corrected chi connectivity index (χ1v) is 7.70. The number of thiophene rings is 1. The molecule has 1 aliphatic heterocycles. The van der Waals surface area contributed by atoms with Gasteiger partial charge in [-0.05, 0) is 25.1 Å². The number of rotatable bonds is 3. The lowest BCUT2D eigenvalue weighted by Gasteiger charge is -2.21. The van der Waals surface area contributed by atoms with Gasteiger partial charge in [-0.15, -0.1) is 11.3 Å². The maximum absolute atomic E-state index is 12.3. The van der Waals surface area contributed by atoms with Gasteiger partial charge in [-0.25, -0.2) is 8.42 Å². The Morgan fingerprint density at radius 1 is 1.59 bits per heavy atom. The Morgan fingerprint density at radius 2 is 2.29 bits per heavy atom. The normalized spacial score (nSPS) is 22.1. The molecular weight excluding hydrogens is 262 g/mol. The largest absolute Gasteiger partial charge is 0.505 e. The minimum atomic E-state index is -3.67. The second-order valence-corrected chi connectivity index (χ2v) is 7.11. The van der Waals surface area contributed by atoms with Crippen LogP contribution in [0.4, 0.5) is 0 Å². The molecule has 1 atom stereocenters. The van der Waals surface area contributed by atoms with E-state index in [9.17, 15) is 13.5 Å². The highest BCUT2D eigenvalue weighted by molar-refractivity contribution is 7.91. The van der Waals surface area contributed by atoms with Crippen LogP contribution < -0.4 is 0 Å². The van der Waals surface area contributed by atoms with Crippen LogP contribution in [-0.2, 0) is 10.0 Å². The molecular formula is C10H15NO4S2. The zero-order valence-electron chi connectivity index (χ0n) is 9.46. The van der Waals surface area contributed by atoms with E-state index in [1.165, 1.54) is 4.31 Å². The zero-order chi connectivity index (χ0) is 12.6. The van der Waals surface area contributed by atoms with Crippen molar-refractivity contribution in [2.75, 3.05) is 13.2 Å². The first-order valence-electron chi connectivity index (χ1n) is 5.38. The predicted octanol–water partition coefficient (Wildman–Crippen LogP) is 0.908. The van der Waals surface area contributed by atoms with E-state index in [4.69, 9.17) is 5.11 Å². The van der Waals surface area contributed by atoms with Crippen LogP contribution >= 0.6 is 11.3 Å². The van der Waals surface area contributed by atoms with Crippen LogP contribution in [0.15, 0.2) is 9.59 Å². The molecule has 1 aromatic heterocycles. The van der Waals surface area contributed by atoms with Crippen LogP contribution in [0.5, 0.6) is 5.75 Å². The number of nitrogens with zero attached hydrogens (tertiary/aromatic N) is 1. The van der Waals surface area contributed by atoms with Crippen molar-refractivity contribution in [2.24, 2.45) is 0 Å². The summed E-state index contributed by atoms with van der Waals surface area (Å²) in [6.07, 6.45) is 1.41. The molecule has 2 rings (SSSR count). The van der Waals surface area contributed by atoms with Crippen molar-refractivity contribution < 1.29 is 18.6 Å². The SMILES string of the molecule is Cc1csc(S(=O)(=O)N2CCC[C@@H]2CO)c1O. The molecule has 1 fully saturated rings. The van der Waals surface area contributed by atoms with Crippen molar-refractivity contribution in [1.82, 2.24) is 4.31 Å². The summed E-state index contributed by atoms with van der Waals surface area (Å²) >= 11 is 1.02. The highest BCUT2D eigenvalue weighted by Gasteiger charge is 2.37. The molecule has 2 heterocycles. The number of aryl methyl sites for hydroxylation is 1. The Kier molecular flexibility index (Phi) is 3.44. The van der Waals surface area contributed by atoms with Gasteiger partial charge < -0.3 is 10.2 Å². The van der Waals surface area contributed by atoms with Crippen LogP contribution in [0.1, 0.15) is 18.4 Å². The van der Waals surface area contributed by atoms with Gasteiger partial charge in [0.15, 0.2) is 4.21 Å². The van der Waals surface area contributed by atoms with Crippen LogP contribution in [0.2, 0.25) is 0 Å². The molecule has 1 aromatic rings. The third-order valence-corrected chi connectivity index (χ3v) is 6.55. The fraction of sp³-hybridized carbons (Fsp3) is 0.600. The molecule has 0 bridgehead atoms. The van der Waals surface area contributed by atoms with Gasteiger partial charge in [0.1, 0.15) is 5.75 Å². The van der Waals surface area contributed by atoms with Crippen molar-refractivity contribution in [2.45, 2.75) is 30.0 Å². The van der Waals surface area contributed by atoms with Crippen molar-refractivity contribution in [3.8, 4) is 5.75 Å². The zero-order valence-corrected chi connectivity index (χ0v) is 11.1. The Bertz CT molecular complexity index is 508. The number of hydrogen-bond donors (Lipinski definition) is 2. The number of hydrogen-bond acceptors (Lipinski definition) is 5. The summed E-state index contributed by atoms with van der Waals surface area (Å²) in [5.74, 6) is -0.168. The molecule has 0 saturated carbocycles. The van der Waals surface area contributed by atoms with Crippen molar-refractivity contribution >= 4 is 21.4 Å². The monoisotopic (exact) mass is 277 g/mol. The Labute approximate surface area is 104 Å². The summed E-state index contributed by atoms with van der Waals surface area (Å²) in [7, 11) is -3.67. The summed E-state index contributed by atoms with van der Waals surface area (Å²) in [6, 6.07) is -0.359. The molecule has 0 unspecified atom stereocenters. The van der Waals surface area contributed by atoms with Gasteiger partial charge >= 0.3 is 0 Å². The Morgan fingerprint density at radius 3 is 2.82 bits per heavy atom. The fourth-order valence-electron chi connectivity index (χ4n) is 2.01. The van der Waals surface area contributed by atoms with E-state index in [2.05, 4.69) is 0 Å². The molecule has 0 spiro atoms. The first-order chi connectivity index (χ1) is 7.98. The topological polar surface area (TPSA) is 77.8 Å². The van der Waals surface area contributed by atoms with Gasteiger partial charge in [-0.3, -0.25) is 0 Å². The van der Waals surface area contributed by atoms with Gasteiger partial charge in [0.25, 0.3) is 10.0 Å². The molecule has 1 saturated heterocycles. The van der Waals surface area contributed by atoms with Gasteiger partial charge in [-0.2, -0.15) is 4.31 Å². The van der Waals surface area contributed by atoms with Crippen LogP contribution in [0, 0.1) is 6.92 Å². The molecule has 96 valence electrons. The lowest BCUT2D eigenvalue weighted by atomic mass is 10.2. The highest BCUT2D eigenvalue weighted by Crippen LogP contribution is 2.37. The summed E-state index contributed by atoms with van der Waals surface area (Å²) in [4.78, 5) is 0. The lowest BCUT2D eigenvalue weighted by molar-refractivity contribution is 0.213. The highest BCUT2D eigenvalue weighted by atomic mass is 32.2. The summed E-state index contributed by atoms with van der Waals surface area (Å²) in [5.41, 5.74) is 0.563. The maximum atomic E-state index is 12.3. The number of aliphatic hydroxyl groups excluding tert-OH is 1. The van der Waals surface area contributed by atoms with E-state index in [0.29, 0.717) is 18.5 Å². The molecule has 0 amide bonds. The standard InChI is InChI=1S/C10H15NO4S2/c1-7-6-16-10(9(7)13)17(14,15)11-4-2-3-8(11)5-12/h6,8,12-13H,2-5H2,1H3/t8-/m1/s1. The van der Waals surface area contributed by atoms with Gasteiger partial charge in [0.2, 0.25) is 0 Å². The summed E-state index contributed by atoms with van der Waals surface area (Å²) in [5, 5.41) is 20.5. The molecule has 0 aromatic carbocycles. The minimum Gasteiger partial charge on any atom is -0.505 e. The molecule has 2 N–H and O–H groups in total. The average molecular weight is 277 g/mol. The second-order valence-electron chi connectivity index (χ2n) is 4.15. The van der Waals surface area contributed by atoms with E-state index in [0.717, 1.165) is 17.8 Å². The average Bonchev–Trinajstić information content (AvgIpc) is 2.87. The predicted molar refractivity (Wildman–Crippen MR) is 64.7 cm³/mol. The van der Waals surface area contributed by atoms with Crippen LogP contribution in [-0.4, -0.2) is 42.1 Å². The number of aromatic hydroxyl groups is 1. The molecule has 0 radical (unpaired) electrons. The van der Waals surface area contributed by atoms with Gasteiger partial charge in [0, 0.05) is 18.2 Å². The van der Waals surface area contributed by atoms with E-state index in [-0.39, 0.29) is 22.6 Å². The van der Waals surface area contributed by atoms with E-state index < -0.39 is 10.0 Å². The first kappa shape index (κ1) is 12.8. The number of aliphatic hydroxyl groups is 1. The van der Waals surface area contributed by atoms with Crippen LogP contribution in [0.25, 0.3) is 0 Å². The van der Waals surface area contributed by atoms with Crippen molar-refractivity contribution in [3.63, 3.8) is 0 Å². The molecule has 5 nitrogen and oxygen atoms in total. The van der Waals surface area contributed by atoms with E-state index >= 15 is 0 Å². The summed E-state index contributed by atoms with van der Waals surface area (Å²) in [6.45, 7) is 1.90. The quantitative estimate of drug-likeness (QED) is 0.861. The van der Waals surface area contributed by atoms with Gasteiger partial charge in [0.05, 0.1) is 6.61 Å². The van der Waals surface area contributed by atoms with Crippen molar-refractivity contribution in [1.29, 1.82) is 0 Å².